The maximum absolute atomic E-state index is 11.4. The zero-order chi connectivity index (χ0) is 9.68. The molecule has 0 heterocycles. The van der Waals surface area contributed by atoms with Crippen molar-refractivity contribution in [2.75, 3.05) is 0 Å². The van der Waals surface area contributed by atoms with E-state index in [-0.39, 0.29) is 5.91 Å². The number of allylic oxidation sites excluding steroid dienone is 2. The van der Waals surface area contributed by atoms with Gasteiger partial charge in [-0.25, -0.2) is 0 Å². The molecule has 0 spiro atoms. The Labute approximate surface area is 80.4 Å². The number of carbonyl (C=O) groups is 1. The molecule has 1 amide bonds. The number of nitrogens with one attached hydrogen (secondary N) is 1. The Kier molecular flexibility index (Phi) is 4.00. The molecule has 13 heavy (non-hydrogen) atoms. The van der Waals surface area contributed by atoms with E-state index in [2.05, 4.69) is 5.32 Å². The molecule has 2 nitrogen and oxygen atoms in total. The lowest BCUT2D eigenvalue weighted by atomic mass is 10.0. The first-order valence-corrected chi connectivity index (χ1v) is 5.15. The van der Waals surface area contributed by atoms with Crippen LogP contribution in [0.3, 0.4) is 0 Å². The van der Waals surface area contributed by atoms with Crippen molar-refractivity contribution in [2.24, 2.45) is 5.92 Å². The third-order valence-electron chi connectivity index (χ3n) is 2.72. The molecule has 1 saturated carbocycles. The van der Waals surface area contributed by atoms with Gasteiger partial charge in [-0.3, -0.25) is 4.79 Å². The first kappa shape index (κ1) is 10.3. The zero-order valence-corrected chi connectivity index (χ0v) is 8.60. The second kappa shape index (κ2) is 5.05. The summed E-state index contributed by atoms with van der Waals surface area (Å²) in [6.45, 7) is 3.86. The normalized spacial score (nSPS) is 19.1. The SMILES string of the molecule is CC=C(C)NC(=O)CC1CCCC1. The first-order valence-electron chi connectivity index (χ1n) is 5.15. The zero-order valence-electron chi connectivity index (χ0n) is 8.60. The van der Waals surface area contributed by atoms with Gasteiger partial charge in [-0.1, -0.05) is 18.9 Å². The average molecular weight is 181 g/mol. The molecular formula is C11H19NO. The highest BCUT2D eigenvalue weighted by Crippen LogP contribution is 2.27. The van der Waals surface area contributed by atoms with Gasteiger partial charge in [-0.15, -0.1) is 0 Å². The van der Waals surface area contributed by atoms with Crippen LogP contribution in [0, 0.1) is 5.92 Å². The molecule has 0 aromatic heterocycles. The second-order valence-corrected chi connectivity index (χ2v) is 3.87. The van der Waals surface area contributed by atoms with E-state index in [1.807, 2.05) is 19.9 Å². The lowest BCUT2D eigenvalue weighted by Crippen LogP contribution is -2.23. The standard InChI is InChI=1S/C11H19NO/c1-3-9(2)12-11(13)8-10-6-4-5-7-10/h3,10H,4-8H2,1-2H3,(H,12,13). The quantitative estimate of drug-likeness (QED) is 0.712. The Balaban J connectivity index is 2.24. The maximum Gasteiger partial charge on any atom is 0.224 e. The van der Waals surface area contributed by atoms with Gasteiger partial charge in [0.1, 0.15) is 0 Å². The van der Waals surface area contributed by atoms with Crippen LogP contribution >= 0.6 is 0 Å². The number of carbonyl (C=O) groups excluding carboxylic acids is 1. The first-order chi connectivity index (χ1) is 6.22. The van der Waals surface area contributed by atoms with E-state index in [0.717, 1.165) is 5.70 Å². The molecule has 1 fully saturated rings. The van der Waals surface area contributed by atoms with Gasteiger partial charge in [0.15, 0.2) is 0 Å². The summed E-state index contributed by atoms with van der Waals surface area (Å²) in [5.74, 6) is 0.826. The Bertz CT molecular complexity index is 202. The van der Waals surface area contributed by atoms with Crippen molar-refractivity contribution < 1.29 is 4.79 Å². The van der Waals surface area contributed by atoms with Crippen molar-refractivity contribution in [3.63, 3.8) is 0 Å². The van der Waals surface area contributed by atoms with Crippen LogP contribution in [0.1, 0.15) is 46.0 Å². The van der Waals surface area contributed by atoms with Crippen LogP contribution in [0.25, 0.3) is 0 Å². The van der Waals surface area contributed by atoms with Gasteiger partial charge < -0.3 is 5.32 Å². The minimum Gasteiger partial charge on any atom is -0.330 e. The molecule has 1 aliphatic rings. The van der Waals surface area contributed by atoms with Gasteiger partial charge in [-0.05, 0) is 32.6 Å². The molecule has 0 radical (unpaired) electrons. The van der Waals surface area contributed by atoms with E-state index in [1.54, 1.807) is 0 Å². The van der Waals surface area contributed by atoms with Gasteiger partial charge in [0, 0.05) is 12.1 Å². The number of hydrogen-bond donors (Lipinski definition) is 1. The Morgan fingerprint density at radius 2 is 2.08 bits per heavy atom. The number of rotatable bonds is 3. The van der Waals surface area contributed by atoms with Crippen molar-refractivity contribution >= 4 is 5.91 Å². The summed E-state index contributed by atoms with van der Waals surface area (Å²) in [6, 6.07) is 0. The molecule has 1 rings (SSSR count). The van der Waals surface area contributed by atoms with Crippen molar-refractivity contribution in [3.8, 4) is 0 Å². The monoisotopic (exact) mass is 181 g/mol. The van der Waals surface area contributed by atoms with Crippen LogP contribution in [0.2, 0.25) is 0 Å². The highest BCUT2D eigenvalue weighted by Gasteiger charge is 2.17. The predicted octanol–water partition coefficient (Wildman–Crippen LogP) is 2.61. The molecule has 0 atom stereocenters. The van der Waals surface area contributed by atoms with Gasteiger partial charge in [0.25, 0.3) is 0 Å². The molecule has 1 N–H and O–H groups in total. The molecule has 0 aromatic rings. The summed E-state index contributed by atoms with van der Waals surface area (Å²) in [5, 5.41) is 2.88. The lowest BCUT2D eigenvalue weighted by molar-refractivity contribution is -0.121. The summed E-state index contributed by atoms with van der Waals surface area (Å²) in [5.41, 5.74) is 0.961. The van der Waals surface area contributed by atoms with E-state index in [4.69, 9.17) is 0 Å². The Hall–Kier alpha value is -0.790. The highest BCUT2D eigenvalue weighted by atomic mass is 16.1. The average Bonchev–Trinajstić information content (AvgIpc) is 2.56. The Morgan fingerprint density at radius 1 is 1.46 bits per heavy atom. The topological polar surface area (TPSA) is 29.1 Å². The van der Waals surface area contributed by atoms with E-state index in [9.17, 15) is 4.79 Å². The maximum atomic E-state index is 11.4. The summed E-state index contributed by atoms with van der Waals surface area (Å²) >= 11 is 0. The lowest BCUT2D eigenvalue weighted by Gasteiger charge is -2.09. The van der Waals surface area contributed by atoms with Crippen molar-refractivity contribution in [1.29, 1.82) is 0 Å². The molecule has 0 bridgehead atoms. The van der Waals surface area contributed by atoms with Gasteiger partial charge >= 0.3 is 0 Å². The fourth-order valence-corrected chi connectivity index (χ4v) is 1.82. The van der Waals surface area contributed by atoms with Crippen LogP contribution in [-0.4, -0.2) is 5.91 Å². The van der Waals surface area contributed by atoms with E-state index < -0.39 is 0 Å². The summed E-state index contributed by atoms with van der Waals surface area (Å²) < 4.78 is 0. The third-order valence-corrected chi connectivity index (χ3v) is 2.72. The highest BCUT2D eigenvalue weighted by molar-refractivity contribution is 5.77. The number of hydrogen-bond acceptors (Lipinski definition) is 1. The van der Waals surface area contributed by atoms with Crippen LogP contribution < -0.4 is 5.32 Å². The molecule has 0 aliphatic heterocycles. The van der Waals surface area contributed by atoms with E-state index >= 15 is 0 Å². The molecular weight excluding hydrogens is 162 g/mol. The molecule has 1 aliphatic carbocycles. The van der Waals surface area contributed by atoms with Gasteiger partial charge in [-0.2, -0.15) is 0 Å². The summed E-state index contributed by atoms with van der Waals surface area (Å²) in [4.78, 5) is 11.4. The molecule has 0 aromatic carbocycles. The minimum atomic E-state index is 0.183. The second-order valence-electron chi connectivity index (χ2n) is 3.87. The largest absolute Gasteiger partial charge is 0.330 e. The third kappa shape index (κ3) is 3.62. The molecule has 0 unspecified atom stereocenters. The summed E-state index contributed by atoms with van der Waals surface area (Å²) in [6.07, 6.45) is 7.73. The van der Waals surface area contributed by atoms with Gasteiger partial charge in [0.05, 0.1) is 0 Å². The van der Waals surface area contributed by atoms with Crippen molar-refractivity contribution in [1.82, 2.24) is 5.32 Å². The van der Waals surface area contributed by atoms with Crippen molar-refractivity contribution in [2.45, 2.75) is 46.0 Å². The molecule has 0 saturated heterocycles. The number of amides is 1. The van der Waals surface area contributed by atoms with Crippen LogP contribution in [0.15, 0.2) is 11.8 Å². The van der Waals surface area contributed by atoms with Crippen LogP contribution in [-0.2, 0) is 4.79 Å². The van der Waals surface area contributed by atoms with Gasteiger partial charge in [0.2, 0.25) is 5.91 Å². The minimum absolute atomic E-state index is 0.183. The fourth-order valence-electron chi connectivity index (χ4n) is 1.82. The Morgan fingerprint density at radius 3 is 2.62 bits per heavy atom. The molecule has 2 heteroatoms. The van der Waals surface area contributed by atoms with Crippen molar-refractivity contribution in [3.05, 3.63) is 11.8 Å². The smallest absolute Gasteiger partial charge is 0.224 e. The van der Waals surface area contributed by atoms with E-state index in [1.165, 1.54) is 25.7 Å². The predicted molar refractivity (Wildman–Crippen MR) is 54.1 cm³/mol. The fraction of sp³-hybridized carbons (Fsp3) is 0.727. The summed E-state index contributed by atoms with van der Waals surface area (Å²) in [7, 11) is 0. The van der Waals surface area contributed by atoms with E-state index in [0.29, 0.717) is 12.3 Å². The molecule has 74 valence electrons. The van der Waals surface area contributed by atoms with Crippen LogP contribution in [0.4, 0.5) is 0 Å². The van der Waals surface area contributed by atoms with Crippen LogP contribution in [0.5, 0.6) is 0 Å².